The molecule has 0 unspecified atom stereocenters. The predicted octanol–water partition coefficient (Wildman–Crippen LogP) is 4.92. The zero-order valence-electron chi connectivity index (χ0n) is 15.9. The minimum atomic E-state index is -0.0881. The molecule has 1 saturated heterocycles. The van der Waals surface area contributed by atoms with E-state index in [1.54, 1.807) is 4.90 Å². The summed E-state index contributed by atoms with van der Waals surface area (Å²) < 4.78 is 0.544. The predicted molar refractivity (Wildman–Crippen MR) is 120 cm³/mol. The van der Waals surface area contributed by atoms with Crippen LogP contribution in [0.15, 0.2) is 53.4 Å². The number of aryl methyl sites for hydroxylation is 2. The Morgan fingerprint density at radius 1 is 1.14 bits per heavy atom. The smallest absolute Gasteiger partial charge is 0.266 e. The van der Waals surface area contributed by atoms with E-state index in [0.717, 1.165) is 16.8 Å². The SMILES string of the molecule is Cc1ccc(/C=C2/SC(=S)N(CCCC(=O)Nc3ccccc3C)C2=O)cc1. The quantitative estimate of drug-likeness (QED) is 0.542. The van der Waals surface area contributed by atoms with Crippen molar-refractivity contribution in [2.24, 2.45) is 0 Å². The number of hydrogen-bond acceptors (Lipinski definition) is 4. The number of nitrogens with one attached hydrogen (secondary N) is 1. The molecule has 1 N–H and O–H groups in total. The average Bonchev–Trinajstić information content (AvgIpc) is 2.93. The molecular weight excluding hydrogens is 388 g/mol. The van der Waals surface area contributed by atoms with Gasteiger partial charge in [-0.15, -0.1) is 0 Å². The van der Waals surface area contributed by atoms with Crippen molar-refractivity contribution in [3.05, 3.63) is 70.1 Å². The zero-order chi connectivity index (χ0) is 20.1. The first kappa shape index (κ1) is 20.3. The van der Waals surface area contributed by atoms with Gasteiger partial charge in [-0.1, -0.05) is 72.0 Å². The summed E-state index contributed by atoms with van der Waals surface area (Å²) in [4.78, 5) is 27.0. The van der Waals surface area contributed by atoms with Crippen LogP contribution < -0.4 is 5.32 Å². The molecule has 0 atom stereocenters. The Hall–Kier alpha value is -2.44. The summed E-state index contributed by atoms with van der Waals surface area (Å²) in [6.07, 6.45) is 2.76. The van der Waals surface area contributed by atoms with Gasteiger partial charge in [-0.05, 0) is 43.5 Å². The number of hydrogen-bond donors (Lipinski definition) is 1. The van der Waals surface area contributed by atoms with Crippen LogP contribution in [0.3, 0.4) is 0 Å². The summed E-state index contributed by atoms with van der Waals surface area (Å²) in [5.74, 6) is -0.148. The van der Waals surface area contributed by atoms with Gasteiger partial charge in [0.1, 0.15) is 4.32 Å². The van der Waals surface area contributed by atoms with E-state index < -0.39 is 0 Å². The van der Waals surface area contributed by atoms with E-state index in [4.69, 9.17) is 12.2 Å². The summed E-state index contributed by atoms with van der Waals surface area (Å²) >= 11 is 6.67. The van der Waals surface area contributed by atoms with E-state index in [-0.39, 0.29) is 11.8 Å². The molecule has 0 radical (unpaired) electrons. The van der Waals surface area contributed by atoms with Gasteiger partial charge in [0, 0.05) is 18.7 Å². The number of carbonyl (C=O) groups is 2. The Kier molecular flexibility index (Phi) is 6.65. The molecular formula is C22H22N2O2S2. The van der Waals surface area contributed by atoms with E-state index >= 15 is 0 Å². The second-order valence-electron chi connectivity index (χ2n) is 6.71. The standard InChI is InChI=1S/C22H22N2O2S2/c1-15-9-11-17(12-10-15)14-19-21(26)24(22(27)28-19)13-5-8-20(25)23-18-7-4-3-6-16(18)2/h3-4,6-7,9-12,14H,5,8,13H2,1-2H3,(H,23,25)/b19-14+. The topological polar surface area (TPSA) is 49.4 Å². The fourth-order valence-electron chi connectivity index (χ4n) is 2.83. The lowest BCUT2D eigenvalue weighted by Crippen LogP contribution is -2.29. The summed E-state index contributed by atoms with van der Waals surface area (Å²) in [6.45, 7) is 4.42. The number of para-hydroxylation sites is 1. The van der Waals surface area contributed by atoms with E-state index in [9.17, 15) is 9.59 Å². The summed E-state index contributed by atoms with van der Waals surface area (Å²) in [5.41, 5.74) is 3.99. The first-order chi connectivity index (χ1) is 13.4. The number of anilines is 1. The first-order valence-corrected chi connectivity index (χ1v) is 10.3. The van der Waals surface area contributed by atoms with Crippen molar-refractivity contribution in [1.82, 2.24) is 4.90 Å². The lowest BCUT2D eigenvalue weighted by atomic mass is 10.1. The molecule has 1 heterocycles. The molecule has 0 spiro atoms. The highest BCUT2D eigenvalue weighted by Gasteiger charge is 2.31. The molecule has 3 rings (SSSR count). The Labute approximate surface area is 175 Å². The van der Waals surface area contributed by atoms with Gasteiger partial charge >= 0.3 is 0 Å². The monoisotopic (exact) mass is 410 g/mol. The van der Waals surface area contributed by atoms with Crippen LogP contribution in [0.2, 0.25) is 0 Å². The Balaban J connectivity index is 1.54. The second-order valence-corrected chi connectivity index (χ2v) is 8.39. The molecule has 6 heteroatoms. The number of nitrogens with zero attached hydrogens (tertiary/aromatic N) is 1. The van der Waals surface area contributed by atoms with Gasteiger partial charge in [0.05, 0.1) is 4.91 Å². The summed E-state index contributed by atoms with van der Waals surface area (Å²) in [5, 5.41) is 2.91. The lowest BCUT2D eigenvalue weighted by molar-refractivity contribution is -0.122. The molecule has 2 aromatic carbocycles. The normalized spacial score (nSPS) is 15.4. The summed E-state index contributed by atoms with van der Waals surface area (Å²) in [6, 6.07) is 15.7. The molecule has 0 aliphatic carbocycles. The highest BCUT2D eigenvalue weighted by atomic mass is 32.2. The van der Waals surface area contributed by atoms with Gasteiger partial charge in [-0.3, -0.25) is 14.5 Å². The van der Waals surface area contributed by atoms with Crippen LogP contribution in [0.5, 0.6) is 0 Å². The van der Waals surface area contributed by atoms with Crippen LogP contribution in [0, 0.1) is 13.8 Å². The van der Waals surface area contributed by atoms with Crippen molar-refractivity contribution < 1.29 is 9.59 Å². The second kappa shape index (κ2) is 9.17. The first-order valence-electron chi connectivity index (χ1n) is 9.11. The van der Waals surface area contributed by atoms with Crippen LogP contribution in [-0.2, 0) is 9.59 Å². The lowest BCUT2D eigenvalue weighted by Gasteiger charge is -2.14. The van der Waals surface area contributed by atoms with Crippen LogP contribution in [-0.4, -0.2) is 27.6 Å². The van der Waals surface area contributed by atoms with Crippen molar-refractivity contribution in [2.45, 2.75) is 26.7 Å². The largest absolute Gasteiger partial charge is 0.326 e. The molecule has 0 aromatic heterocycles. The van der Waals surface area contributed by atoms with E-state index in [2.05, 4.69) is 5.32 Å². The number of thiocarbonyl (C=S) groups is 1. The zero-order valence-corrected chi connectivity index (χ0v) is 17.5. The fraction of sp³-hybridized carbons (Fsp3) is 0.227. The van der Waals surface area contributed by atoms with Gasteiger partial charge in [-0.25, -0.2) is 0 Å². The van der Waals surface area contributed by atoms with Crippen molar-refractivity contribution >= 4 is 51.9 Å². The highest BCUT2D eigenvalue weighted by molar-refractivity contribution is 8.26. The Morgan fingerprint density at radius 3 is 2.57 bits per heavy atom. The third-order valence-corrected chi connectivity index (χ3v) is 5.83. The van der Waals surface area contributed by atoms with E-state index in [1.807, 2.05) is 68.5 Å². The molecule has 28 heavy (non-hydrogen) atoms. The number of benzene rings is 2. The van der Waals surface area contributed by atoms with Crippen LogP contribution in [0.25, 0.3) is 6.08 Å². The van der Waals surface area contributed by atoms with Gasteiger partial charge in [0.25, 0.3) is 5.91 Å². The molecule has 144 valence electrons. The molecule has 1 aliphatic rings. The van der Waals surface area contributed by atoms with E-state index in [1.165, 1.54) is 17.3 Å². The average molecular weight is 411 g/mol. The Morgan fingerprint density at radius 2 is 1.86 bits per heavy atom. The molecule has 0 saturated carbocycles. The van der Waals surface area contributed by atoms with Crippen molar-refractivity contribution in [3.8, 4) is 0 Å². The number of thioether (sulfide) groups is 1. The third-order valence-electron chi connectivity index (χ3n) is 4.45. The molecule has 4 nitrogen and oxygen atoms in total. The molecule has 1 aliphatic heterocycles. The highest BCUT2D eigenvalue weighted by Crippen LogP contribution is 2.32. The van der Waals surface area contributed by atoms with Crippen LogP contribution in [0.1, 0.15) is 29.5 Å². The third kappa shape index (κ3) is 5.09. The molecule has 2 aromatic rings. The molecule has 0 bridgehead atoms. The minimum Gasteiger partial charge on any atom is -0.326 e. The van der Waals surface area contributed by atoms with Gasteiger partial charge in [0.15, 0.2) is 0 Å². The van der Waals surface area contributed by atoms with Gasteiger partial charge in [-0.2, -0.15) is 0 Å². The van der Waals surface area contributed by atoms with Gasteiger partial charge < -0.3 is 5.32 Å². The van der Waals surface area contributed by atoms with E-state index in [0.29, 0.717) is 28.6 Å². The Bertz CT molecular complexity index is 936. The van der Waals surface area contributed by atoms with Crippen LogP contribution in [0.4, 0.5) is 5.69 Å². The number of amides is 2. The van der Waals surface area contributed by atoms with Crippen molar-refractivity contribution in [1.29, 1.82) is 0 Å². The molecule has 2 amide bonds. The summed E-state index contributed by atoms with van der Waals surface area (Å²) in [7, 11) is 0. The fourth-order valence-corrected chi connectivity index (χ4v) is 4.14. The van der Waals surface area contributed by atoms with Crippen molar-refractivity contribution in [3.63, 3.8) is 0 Å². The van der Waals surface area contributed by atoms with Crippen molar-refractivity contribution in [2.75, 3.05) is 11.9 Å². The maximum atomic E-state index is 12.6. The number of rotatable bonds is 6. The van der Waals surface area contributed by atoms with Gasteiger partial charge in [0.2, 0.25) is 5.91 Å². The number of carbonyl (C=O) groups excluding carboxylic acids is 2. The minimum absolute atomic E-state index is 0.0602. The molecule has 1 fully saturated rings. The maximum absolute atomic E-state index is 12.6. The van der Waals surface area contributed by atoms with Crippen LogP contribution >= 0.6 is 24.0 Å². The maximum Gasteiger partial charge on any atom is 0.266 e.